The lowest BCUT2D eigenvalue weighted by atomic mass is 9.99. The van der Waals surface area contributed by atoms with Crippen LogP contribution < -0.4 is 4.74 Å². The van der Waals surface area contributed by atoms with Gasteiger partial charge in [0, 0.05) is 13.1 Å². The summed E-state index contributed by atoms with van der Waals surface area (Å²) in [6, 6.07) is 5.97. The van der Waals surface area contributed by atoms with Gasteiger partial charge in [-0.1, -0.05) is 19.1 Å². The number of aryl methyl sites for hydroxylation is 1. The second-order valence-corrected chi connectivity index (χ2v) is 5.57. The lowest BCUT2D eigenvalue weighted by molar-refractivity contribution is -0.132. The van der Waals surface area contributed by atoms with E-state index in [1.54, 1.807) is 7.11 Å². The number of amides is 1. The van der Waals surface area contributed by atoms with E-state index in [0.29, 0.717) is 12.3 Å². The molecule has 0 saturated carbocycles. The van der Waals surface area contributed by atoms with Gasteiger partial charge in [-0.3, -0.25) is 4.79 Å². The molecule has 0 spiro atoms. The smallest absolute Gasteiger partial charge is 0.226 e. The molecule has 19 heavy (non-hydrogen) atoms. The number of ether oxygens (including phenoxy) is 1. The maximum atomic E-state index is 12.3. The highest BCUT2D eigenvalue weighted by Crippen LogP contribution is 2.20. The second-order valence-electron chi connectivity index (χ2n) is 5.57. The number of likely N-dealkylation sites (tertiary alicyclic amines) is 1. The van der Waals surface area contributed by atoms with E-state index in [0.717, 1.165) is 36.4 Å². The minimum Gasteiger partial charge on any atom is -0.496 e. The SMILES string of the molecule is COc1ccc(CC(=O)N2CCC[C@@H](C)C2)cc1C. The van der Waals surface area contributed by atoms with Crippen LogP contribution in [0.2, 0.25) is 0 Å². The Bertz CT molecular complexity index is 456. The number of benzene rings is 1. The van der Waals surface area contributed by atoms with Crippen LogP contribution >= 0.6 is 0 Å². The molecule has 1 aromatic rings. The van der Waals surface area contributed by atoms with Gasteiger partial charge in [0.25, 0.3) is 0 Å². The predicted molar refractivity (Wildman–Crippen MR) is 76.4 cm³/mol. The molecule has 3 heteroatoms. The van der Waals surface area contributed by atoms with Crippen LogP contribution in [0.3, 0.4) is 0 Å². The van der Waals surface area contributed by atoms with Crippen molar-refractivity contribution >= 4 is 5.91 Å². The molecule has 2 rings (SSSR count). The van der Waals surface area contributed by atoms with Gasteiger partial charge in [0.05, 0.1) is 13.5 Å². The Balaban J connectivity index is 2.00. The van der Waals surface area contributed by atoms with E-state index in [4.69, 9.17) is 4.74 Å². The van der Waals surface area contributed by atoms with Crippen molar-refractivity contribution in [2.24, 2.45) is 5.92 Å². The van der Waals surface area contributed by atoms with E-state index in [2.05, 4.69) is 6.92 Å². The molecular weight excluding hydrogens is 238 g/mol. The normalized spacial score (nSPS) is 19.3. The summed E-state index contributed by atoms with van der Waals surface area (Å²) in [7, 11) is 1.67. The first-order valence-corrected chi connectivity index (χ1v) is 7.01. The van der Waals surface area contributed by atoms with Crippen LogP contribution in [0.1, 0.15) is 30.9 Å². The summed E-state index contributed by atoms with van der Waals surface area (Å²) >= 11 is 0. The van der Waals surface area contributed by atoms with Crippen molar-refractivity contribution in [1.29, 1.82) is 0 Å². The number of nitrogens with zero attached hydrogens (tertiary/aromatic N) is 1. The fourth-order valence-electron chi connectivity index (χ4n) is 2.75. The standard InChI is InChI=1S/C16H23NO2/c1-12-5-4-8-17(11-12)16(18)10-14-6-7-15(19-3)13(2)9-14/h6-7,9,12H,4-5,8,10-11H2,1-3H3/t12-/m1/s1. The van der Waals surface area contributed by atoms with E-state index >= 15 is 0 Å². The molecule has 1 aliphatic rings. The maximum absolute atomic E-state index is 12.3. The summed E-state index contributed by atoms with van der Waals surface area (Å²) in [5, 5.41) is 0. The molecule has 0 unspecified atom stereocenters. The molecule has 1 saturated heterocycles. The molecule has 0 aliphatic carbocycles. The highest BCUT2D eigenvalue weighted by atomic mass is 16.5. The summed E-state index contributed by atoms with van der Waals surface area (Å²) in [4.78, 5) is 14.3. The third kappa shape index (κ3) is 3.49. The first-order chi connectivity index (χ1) is 9.10. The molecule has 1 aliphatic heterocycles. The zero-order valence-corrected chi connectivity index (χ0v) is 12.1. The van der Waals surface area contributed by atoms with Gasteiger partial charge in [-0.05, 0) is 42.9 Å². The van der Waals surface area contributed by atoms with Crippen LogP contribution in [0.4, 0.5) is 0 Å². The monoisotopic (exact) mass is 261 g/mol. The summed E-state index contributed by atoms with van der Waals surface area (Å²) in [5.74, 6) is 1.76. The molecule has 3 nitrogen and oxygen atoms in total. The van der Waals surface area contributed by atoms with Crippen LogP contribution in [0.5, 0.6) is 5.75 Å². The molecule has 1 heterocycles. The molecule has 1 fully saturated rings. The summed E-state index contributed by atoms with van der Waals surface area (Å²) in [6.07, 6.45) is 2.87. The molecular formula is C16H23NO2. The van der Waals surface area contributed by atoms with Crippen molar-refractivity contribution in [3.05, 3.63) is 29.3 Å². The summed E-state index contributed by atoms with van der Waals surface area (Å²) < 4.78 is 5.24. The van der Waals surface area contributed by atoms with Gasteiger partial charge in [-0.2, -0.15) is 0 Å². The minimum absolute atomic E-state index is 0.246. The number of hydrogen-bond donors (Lipinski definition) is 0. The van der Waals surface area contributed by atoms with Crippen molar-refractivity contribution in [1.82, 2.24) is 4.90 Å². The summed E-state index contributed by atoms with van der Waals surface area (Å²) in [6.45, 7) is 6.05. The Morgan fingerprint density at radius 3 is 2.89 bits per heavy atom. The molecule has 1 aromatic carbocycles. The third-order valence-electron chi connectivity index (χ3n) is 3.82. The van der Waals surface area contributed by atoms with Crippen molar-refractivity contribution in [3.63, 3.8) is 0 Å². The predicted octanol–water partition coefficient (Wildman–Crippen LogP) is 2.80. The van der Waals surface area contributed by atoms with Crippen LogP contribution in [-0.2, 0) is 11.2 Å². The van der Waals surface area contributed by atoms with Gasteiger partial charge >= 0.3 is 0 Å². The number of rotatable bonds is 3. The molecule has 0 aromatic heterocycles. The maximum Gasteiger partial charge on any atom is 0.226 e. The zero-order chi connectivity index (χ0) is 13.8. The Labute approximate surface area is 115 Å². The average molecular weight is 261 g/mol. The molecule has 0 radical (unpaired) electrons. The Morgan fingerprint density at radius 1 is 1.47 bits per heavy atom. The lowest BCUT2D eigenvalue weighted by Crippen LogP contribution is -2.39. The van der Waals surface area contributed by atoms with E-state index < -0.39 is 0 Å². The van der Waals surface area contributed by atoms with E-state index in [-0.39, 0.29) is 5.91 Å². The van der Waals surface area contributed by atoms with E-state index in [1.165, 1.54) is 6.42 Å². The number of methoxy groups -OCH3 is 1. The third-order valence-corrected chi connectivity index (χ3v) is 3.82. The van der Waals surface area contributed by atoms with Crippen LogP contribution in [0.15, 0.2) is 18.2 Å². The van der Waals surface area contributed by atoms with Gasteiger partial charge in [0.15, 0.2) is 0 Å². The minimum atomic E-state index is 0.246. The lowest BCUT2D eigenvalue weighted by Gasteiger charge is -2.31. The highest BCUT2D eigenvalue weighted by Gasteiger charge is 2.20. The number of carbonyl (C=O) groups excluding carboxylic acids is 1. The Morgan fingerprint density at radius 2 is 2.26 bits per heavy atom. The van der Waals surface area contributed by atoms with Crippen molar-refractivity contribution < 1.29 is 9.53 Å². The van der Waals surface area contributed by atoms with E-state index in [1.807, 2.05) is 30.0 Å². The molecule has 0 bridgehead atoms. The fourth-order valence-corrected chi connectivity index (χ4v) is 2.75. The van der Waals surface area contributed by atoms with Crippen LogP contribution in [-0.4, -0.2) is 31.0 Å². The van der Waals surface area contributed by atoms with Crippen molar-refractivity contribution in [2.45, 2.75) is 33.1 Å². The van der Waals surface area contributed by atoms with Gasteiger partial charge < -0.3 is 9.64 Å². The molecule has 0 N–H and O–H groups in total. The summed E-state index contributed by atoms with van der Waals surface area (Å²) in [5.41, 5.74) is 2.15. The quantitative estimate of drug-likeness (QED) is 0.837. The highest BCUT2D eigenvalue weighted by molar-refractivity contribution is 5.79. The van der Waals surface area contributed by atoms with Crippen molar-refractivity contribution in [2.75, 3.05) is 20.2 Å². The van der Waals surface area contributed by atoms with Gasteiger partial charge in [0.2, 0.25) is 5.91 Å². The topological polar surface area (TPSA) is 29.5 Å². The van der Waals surface area contributed by atoms with Crippen LogP contribution in [0.25, 0.3) is 0 Å². The second kappa shape index (κ2) is 6.09. The average Bonchev–Trinajstić information content (AvgIpc) is 2.39. The number of hydrogen-bond acceptors (Lipinski definition) is 2. The van der Waals surface area contributed by atoms with Crippen LogP contribution in [0, 0.1) is 12.8 Å². The zero-order valence-electron chi connectivity index (χ0n) is 12.1. The van der Waals surface area contributed by atoms with Gasteiger partial charge in [-0.25, -0.2) is 0 Å². The van der Waals surface area contributed by atoms with Gasteiger partial charge in [-0.15, -0.1) is 0 Å². The van der Waals surface area contributed by atoms with E-state index in [9.17, 15) is 4.79 Å². The fraction of sp³-hybridized carbons (Fsp3) is 0.562. The van der Waals surface area contributed by atoms with Gasteiger partial charge in [0.1, 0.15) is 5.75 Å². The Kier molecular flexibility index (Phi) is 4.46. The first kappa shape index (κ1) is 13.9. The molecule has 104 valence electrons. The largest absolute Gasteiger partial charge is 0.496 e. The molecule has 1 amide bonds. The first-order valence-electron chi connectivity index (χ1n) is 7.01. The Hall–Kier alpha value is -1.51. The number of piperidine rings is 1. The number of carbonyl (C=O) groups is 1. The van der Waals surface area contributed by atoms with Crippen molar-refractivity contribution in [3.8, 4) is 5.75 Å². The molecule has 1 atom stereocenters.